The highest BCUT2D eigenvalue weighted by Crippen LogP contribution is 2.32. The van der Waals surface area contributed by atoms with Crippen molar-refractivity contribution in [1.82, 2.24) is 4.68 Å². The van der Waals surface area contributed by atoms with Crippen molar-refractivity contribution < 1.29 is 18.0 Å². The summed E-state index contributed by atoms with van der Waals surface area (Å²) in [7, 11) is 0. The molecule has 3 nitrogen and oxygen atoms in total. The number of nitrogens with one attached hydrogen (secondary N) is 1. The van der Waals surface area contributed by atoms with Gasteiger partial charge in [0.05, 0.1) is 11.1 Å². The van der Waals surface area contributed by atoms with E-state index in [9.17, 15) is 18.0 Å². The summed E-state index contributed by atoms with van der Waals surface area (Å²) in [6.07, 6.45) is -1.67. The molecule has 96 valence electrons. The number of benzene rings is 1. The van der Waals surface area contributed by atoms with Crippen LogP contribution in [0.2, 0.25) is 0 Å². The van der Waals surface area contributed by atoms with E-state index in [4.69, 9.17) is 0 Å². The maximum Gasteiger partial charge on any atom is 0.416 e. The first-order chi connectivity index (χ1) is 8.47. The number of hydrogen-bond acceptors (Lipinski definition) is 1. The monoisotopic (exact) mass is 256 g/mol. The van der Waals surface area contributed by atoms with Gasteiger partial charge in [0.25, 0.3) is 0 Å². The Morgan fingerprint density at radius 2 is 2.11 bits per heavy atom. The van der Waals surface area contributed by atoms with Crippen molar-refractivity contribution in [2.24, 2.45) is 0 Å². The molecule has 1 heterocycles. The predicted octanol–water partition coefficient (Wildman–Crippen LogP) is 2.92. The fraction of sp³-hybridized carbons (Fsp3) is 0.250. The number of hydrogen-bond donors (Lipinski definition) is 1. The molecule has 1 aromatic heterocycles. The third kappa shape index (κ3) is 2.05. The molecule has 0 bridgehead atoms. The van der Waals surface area contributed by atoms with Crippen LogP contribution in [0.3, 0.4) is 0 Å². The molecular formula is C12H11F3N2O. The third-order valence-corrected chi connectivity index (χ3v) is 2.79. The van der Waals surface area contributed by atoms with E-state index in [1.54, 1.807) is 6.20 Å². The van der Waals surface area contributed by atoms with Crippen LogP contribution in [0.5, 0.6) is 0 Å². The molecule has 2 rings (SSSR count). The van der Waals surface area contributed by atoms with Crippen molar-refractivity contribution >= 4 is 17.3 Å². The lowest BCUT2D eigenvalue weighted by Crippen LogP contribution is -2.10. The zero-order valence-corrected chi connectivity index (χ0v) is 9.58. The van der Waals surface area contributed by atoms with Crippen LogP contribution in [-0.4, -0.2) is 11.1 Å². The minimum absolute atomic E-state index is 0.483. The molecule has 0 saturated carbocycles. The predicted molar refractivity (Wildman–Crippen MR) is 61.7 cm³/mol. The number of amides is 1. The molecule has 0 spiro atoms. The molecule has 6 heteroatoms. The van der Waals surface area contributed by atoms with Gasteiger partial charge in [0.15, 0.2) is 0 Å². The molecule has 0 saturated heterocycles. The van der Waals surface area contributed by atoms with Gasteiger partial charge in [0, 0.05) is 11.6 Å². The lowest BCUT2D eigenvalue weighted by molar-refractivity contribution is -0.137. The van der Waals surface area contributed by atoms with E-state index >= 15 is 0 Å². The number of alkyl halides is 3. The summed E-state index contributed by atoms with van der Waals surface area (Å²) in [5.41, 5.74) is 3.03. The highest BCUT2D eigenvalue weighted by Gasteiger charge is 2.30. The Labute approximate surface area is 101 Å². The van der Waals surface area contributed by atoms with Crippen molar-refractivity contribution in [3.8, 4) is 0 Å². The van der Waals surface area contributed by atoms with Gasteiger partial charge >= 0.3 is 6.18 Å². The highest BCUT2D eigenvalue weighted by molar-refractivity contribution is 5.86. The molecule has 1 N–H and O–H groups in total. The third-order valence-electron chi connectivity index (χ3n) is 2.79. The maximum absolute atomic E-state index is 12.6. The fourth-order valence-corrected chi connectivity index (χ4v) is 1.92. The Kier molecular flexibility index (Phi) is 3.02. The maximum atomic E-state index is 12.6. The first-order valence-corrected chi connectivity index (χ1v) is 5.38. The average Bonchev–Trinajstić information content (AvgIpc) is 2.66. The van der Waals surface area contributed by atoms with E-state index in [0.29, 0.717) is 23.7 Å². The number of nitrogens with zero attached hydrogens (tertiary/aromatic N) is 1. The Morgan fingerprint density at radius 1 is 1.39 bits per heavy atom. The van der Waals surface area contributed by atoms with Crippen LogP contribution < -0.4 is 5.43 Å². The first-order valence-electron chi connectivity index (χ1n) is 5.38. The molecule has 0 radical (unpaired) electrons. The zero-order chi connectivity index (χ0) is 13.3. The molecule has 0 aliphatic carbocycles. The van der Waals surface area contributed by atoms with E-state index in [0.717, 1.165) is 17.7 Å². The number of halogens is 3. The smallest absolute Gasteiger partial charge is 0.277 e. The SMILES string of the molecule is CCc1cn(NC=O)c2ccc(C(F)(F)F)cc12. The second-order valence-corrected chi connectivity index (χ2v) is 3.85. The minimum Gasteiger partial charge on any atom is -0.277 e. The van der Waals surface area contributed by atoms with Gasteiger partial charge in [0.2, 0.25) is 6.41 Å². The van der Waals surface area contributed by atoms with Crippen LogP contribution in [0, 0.1) is 0 Å². The van der Waals surface area contributed by atoms with Gasteiger partial charge < -0.3 is 0 Å². The van der Waals surface area contributed by atoms with Crippen LogP contribution in [0.4, 0.5) is 13.2 Å². The normalized spacial score (nSPS) is 11.8. The van der Waals surface area contributed by atoms with Crippen LogP contribution in [0.15, 0.2) is 24.4 Å². The molecule has 2 aromatic rings. The number of carbonyl (C=O) groups is 1. The number of fused-ring (bicyclic) bond motifs is 1. The Bertz CT molecular complexity index is 587. The molecule has 0 aliphatic heterocycles. The van der Waals surface area contributed by atoms with Gasteiger partial charge in [0.1, 0.15) is 0 Å². The lowest BCUT2D eigenvalue weighted by Gasteiger charge is -2.07. The second kappa shape index (κ2) is 4.36. The largest absolute Gasteiger partial charge is 0.416 e. The van der Waals surface area contributed by atoms with E-state index in [1.807, 2.05) is 6.92 Å². The van der Waals surface area contributed by atoms with Crippen molar-refractivity contribution in [2.75, 3.05) is 5.43 Å². The standard InChI is InChI=1S/C12H11F3N2O/c1-2-8-6-17(16-7-18)11-4-3-9(5-10(8)11)12(13,14)15/h3-7H,2H2,1H3,(H,16,18). The quantitative estimate of drug-likeness (QED) is 0.842. The number of aromatic nitrogens is 1. The van der Waals surface area contributed by atoms with E-state index in [2.05, 4.69) is 5.43 Å². The zero-order valence-electron chi connectivity index (χ0n) is 9.58. The summed E-state index contributed by atoms with van der Waals surface area (Å²) in [4.78, 5) is 10.4. The summed E-state index contributed by atoms with van der Waals surface area (Å²) in [6.45, 7) is 1.85. The Morgan fingerprint density at radius 3 is 2.67 bits per heavy atom. The molecule has 1 amide bonds. The Balaban J connectivity index is 2.65. The summed E-state index contributed by atoms with van der Waals surface area (Å²) >= 11 is 0. The van der Waals surface area contributed by atoms with Crippen LogP contribution >= 0.6 is 0 Å². The lowest BCUT2D eigenvalue weighted by atomic mass is 10.1. The minimum atomic E-state index is -4.36. The van der Waals surface area contributed by atoms with Crippen LogP contribution in [-0.2, 0) is 17.4 Å². The average molecular weight is 256 g/mol. The molecule has 0 atom stereocenters. The van der Waals surface area contributed by atoms with Crippen molar-refractivity contribution in [2.45, 2.75) is 19.5 Å². The van der Waals surface area contributed by atoms with Gasteiger partial charge in [-0.2, -0.15) is 13.2 Å². The van der Waals surface area contributed by atoms with Crippen LogP contribution in [0.1, 0.15) is 18.1 Å². The van der Waals surface area contributed by atoms with Gasteiger partial charge in [-0.3, -0.25) is 14.9 Å². The van der Waals surface area contributed by atoms with Crippen LogP contribution in [0.25, 0.3) is 10.9 Å². The van der Waals surface area contributed by atoms with E-state index < -0.39 is 11.7 Å². The molecule has 0 aliphatic rings. The van der Waals surface area contributed by atoms with Crippen molar-refractivity contribution in [1.29, 1.82) is 0 Å². The van der Waals surface area contributed by atoms with E-state index in [1.165, 1.54) is 10.7 Å². The van der Waals surface area contributed by atoms with E-state index in [-0.39, 0.29) is 0 Å². The highest BCUT2D eigenvalue weighted by atomic mass is 19.4. The van der Waals surface area contributed by atoms with Gasteiger partial charge in [-0.05, 0) is 30.2 Å². The summed E-state index contributed by atoms with van der Waals surface area (Å²) in [5.74, 6) is 0. The van der Waals surface area contributed by atoms with Gasteiger partial charge in [-0.25, -0.2) is 0 Å². The summed E-state index contributed by atoms with van der Waals surface area (Å²) < 4.78 is 39.3. The number of rotatable bonds is 3. The summed E-state index contributed by atoms with van der Waals surface area (Å²) in [5, 5.41) is 0.502. The molecule has 0 unspecified atom stereocenters. The number of aryl methyl sites for hydroxylation is 1. The molecule has 18 heavy (non-hydrogen) atoms. The molecule has 0 fully saturated rings. The topological polar surface area (TPSA) is 34.0 Å². The van der Waals surface area contributed by atoms with Gasteiger partial charge in [-0.15, -0.1) is 0 Å². The first kappa shape index (κ1) is 12.5. The summed E-state index contributed by atoms with van der Waals surface area (Å²) in [6, 6.07) is 3.47. The number of carbonyl (C=O) groups excluding carboxylic acids is 1. The van der Waals surface area contributed by atoms with Crippen molar-refractivity contribution in [3.05, 3.63) is 35.5 Å². The Hall–Kier alpha value is -1.98. The molecular weight excluding hydrogens is 245 g/mol. The van der Waals surface area contributed by atoms with Crippen molar-refractivity contribution in [3.63, 3.8) is 0 Å². The van der Waals surface area contributed by atoms with Gasteiger partial charge in [-0.1, -0.05) is 6.92 Å². The molecule has 1 aromatic carbocycles. The fourth-order valence-electron chi connectivity index (χ4n) is 1.92. The second-order valence-electron chi connectivity index (χ2n) is 3.85.